The number of fused-ring (bicyclic) bond motifs is 1. The Kier molecular flexibility index (Phi) is 4.16. The van der Waals surface area contributed by atoms with Crippen LogP contribution in [0.25, 0.3) is 11.0 Å². The van der Waals surface area contributed by atoms with Crippen LogP contribution in [0.5, 0.6) is 0 Å². The summed E-state index contributed by atoms with van der Waals surface area (Å²) in [6.07, 6.45) is 5.03. The summed E-state index contributed by atoms with van der Waals surface area (Å²) in [4.78, 5) is 8.63. The van der Waals surface area contributed by atoms with Gasteiger partial charge in [0.15, 0.2) is 11.5 Å². The van der Waals surface area contributed by atoms with E-state index in [9.17, 15) is 0 Å². The van der Waals surface area contributed by atoms with Gasteiger partial charge in [0.1, 0.15) is 6.33 Å². The van der Waals surface area contributed by atoms with Gasteiger partial charge in [-0.3, -0.25) is 5.43 Å². The lowest BCUT2D eigenvalue weighted by molar-refractivity contribution is 0.704. The van der Waals surface area contributed by atoms with Crippen LogP contribution in [0.2, 0.25) is 0 Å². The van der Waals surface area contributed by atoms with Crippen molar-refractivity contribution < 1.29 is 0 Å². The SMILES string of the molecule is C(=NNc1ncnc2c1cnn2Cc1ccccc1)c1ccccc1. The fourth-order valence-electron chi connectivity index (χ4n) is 2.56. The largest absolute Gasteiger partial charge is 0.261 e. The highest BCUT2D eigenvalue weighted by atomic mass is 15.3. The average molecular weight is 328 g/mol. The minimum atomic E-state index is 0.636. The number of hydrogen-bond acceptors (Lipinski definition) is 5. The van der Waals surface area contributed by atoms with Gasteiger partial charge in [-0.25, -0.2) is 14.6 Å². The lowest BCUT2D eigenvalue weighted by Crippen LogP contribution is -2.03. The van der Waals surface area contributed by atoms with Crippen LogP contribution in [0.1, 0.15) is 11.1 Å². The van der Waals surface area contributed by atoms with E-state index in [0.29, 0.717) is 12.4 Å². The smallest absolute Gasteiger partial charge is 0.163 e. The minimum Gasteiger partial charge on any atom is -0.261 e. The van der Waals surface area contributed by atoms with Crippen molar-refractivity contribution in [3.63, 3.8) is 0 Å². The molecule has 4 aromatic rings. The molecule has 0 unspecified atom stereocenters. The zero-order valence-electron chi connectivity index (χ0n) is 13.4. The molecule has 122 valence electrons. The molecule has 0 aliphatic rings. The molecule has 0 aliphatic heterocycles. The molecule has 0 bridgehead atoms. The molecule has 6 heteroatoms. The van der Waals surface area contributed by atoms with Gasteiger partial charge in [0.05, 0.1) is 24.3 Å². The Morgan fingerprint density at radius 1 is 0.960 bits per heavy atom. The van der Waals surface area contributed by atoms with Crippen LogP contribution in [-0.2, 0) is 6.54 Å². The van der Waals surface area contributed by atoms with Gasteiger partial charge in [0, 0.05) is 0 Å². The predicted molar refractivity (Wildman–Crippen MR) is 98.5 cm³/mol. The summed E-state index contributed by atoms with van der Waals surface area (Å²) in [5.74, 6) is 0.636. The topological polar surface area (TPSA) is 68.0 Å². The number of hydrazone groups is 1. The molecule has 2 aromatic heterocycles. The number of aromatic nitrogens is 4. The predicted octanol–water partition coefficient (Wildman–Crippen LogP) is 3.32. The number of anilines is 1. The van der Waals surface area contributed by atoms with Crippen molar-refractivity contribution in [3.05, 3.63) is 84.3 Å². The number of rotatable bonds is 5. The zero-order valence-corrected chi connectivity index (χ0v) is 13.4. The Hall–Kier alpha value is -3.54. The van der Waals surface area contributed by atoms with E-state index in [0.717, 1.165) is 16.6 Å². The molecule has 2 aromatic carbocycles. The third-order valence-electron chi connectivity index (χ3n) is 3.79. The van der Waals surface area contributed by atoms with Crippen molar-refractivity contribution in [3.8, 4) is 0 Å². The van der Waals surface area contributed by atoms with Crippen molar-refractivity contribution in [1.29, 1.82) is 0 Å². The maximum atomic E-state index is 4.44. The molecule has 0 fully saturated rings. The first-order chi connectivity index (χ1) is 12.4. The number of nitrogens with one attached hydrogen (secondary N) is 1. The van der Waals surface area contributed by atoms with Crippen LogP contribution in [0.15, 0.2) is 78.3 Å². The number of nitrogens with zero attached hydrogens (tertiary/aromatic N) is 5. The monoisotopic (exact) mass is 328 g/mol. The van der Waals surface area contributed by atoms with Crippen LogP contribution in [-0.4, -0.2) is 26.0 Å². The lowest BCUT2D eigenvalue weighted by atomic mass is 10.2. The van der Waals surface area contributed by atoms with Gasteiger partial charge in [0.2, 0.25) is 0 Å². The molecule has 0 amide bonds. The van der Waals surface area contributed by atoms with Crippen LogP contribution < -0.4 is 5.43 Å². The fourth-order valence-corrected chi connectivity index (χ4v) is 2.56. The van der Waals surface area contributed by atoms with Gasteiger partial charge in [-0.15, -0.1) is 0 Å². The summed E-state index contributed by atoms with van der Waals surface area (Å²) in [7, 11) is 0. The third-order valence-corrected chi connectivity index (χ3v) is 3.79. The molecular formula is C19H16N6. The highest BCUT2D eigenvalue weighted by Crippen LogP contribution is 2.19. The zero-order chi connectivity index (χ0) is 16.9. The molecule has 0 spiro atoms. The molecule has 2 heterocycles. The molecular weight excluding hydrogens is 312 g/mol. The number of benzene rings is 2. The van der Waals surface area contributed by atoms with Gasteiger partial charge in [-0.2, -0.15) is 10.2 Å². The van der Waals surface area contributed by atoms with E-state index in [-0.39, 0.29) is 0 Å². The van der Waals surface area contributed by atoms with Crippen molar-refractivity contribution in [2.45, 2.75) is 6.54 Å². The normalized spacial score (nSPS) is 11.2. The molecule has 0 saturated heterocycles. The quantitative estimate of drug-likeness (QED) is 0.451. The molecule has 4 rings (SSSR count). The highest BCUT2D eigenvalue weighted by molar-refractivity contribution is 5.87. The van der Waals surface area contributed by atoms with Crippen molar-refractivity contribution in [1.82, 2.24) is 19.7 Å². The van der Waals surface area contributed by atoms with E-state index in [2.05, 4.69) is 37.7 Å². The van der Waals surface area contributed by atoms with Gasteiger partial charge < -0.3 is 0 Å². The van der Waals surface area contributed by atoms with Crippen LogP contribution in [0, 0.1) is 0 Å². The van der Waals surface area contributed by atoms with Crippen LogP contribution >= 0.6 is 0 Å². The van der Waals surface area contributed by atoms with E-state index in [1.165, 1.54) is 11.9 Å². The Balaban J connectivity index is 1.57. The van der Waals surface area contributed by atoms with E-state index in [4.69, 9.17) is 0 Å². The first-order valence-corrected chi connectivity index (χ1v) is 7.95. The first-order valence-electron chi connectivity index (χ1n) is 7.95. The molecule has 0 aliphatic carbocycles. The Morgan fingerprint density at radius 2 is 1.72 bits per heavy atom. The number of hydrogen-bond donors (Lipinski definition) is 1. The first kappa shape index (κ1) is 15.0. The summed E-state index contributed by atoms with van der Waals surface area (Å²) in [5, 5.41) is 9.53. The Labute approximate surface area is 144 Å². The van der Waals surface area contributed by atoms with Gasteiger partial charge in [-0.05, 0) is 11.1 Å². The second kappa shape index (κ2) is 6.92. The van der Waals surface area contributed by atoms with E-state index < -0.39 is 0 Å². The highest BCUT2D eigenvalue weighted by Gasteiger charge is 2.09. The van der Waals surface area contributed by atoms with Gasteiger partial charge in [-0.1, -0.05) is 60.7 Å². The molecule has 25 heavy (non-hydrogen) atoms. The van der Waals surface area contributed by atoms with Crippen LogP contribution in [0.4, 0.5) is 5.82 Å². The fraction of sp³-hybridized carbons (Fsp3) is 0.0526. The maximum absolute atomic E-state index is 4.44. The summed E-state index contributed by atoms with van der Waals surface area (Å²) >= 11 is 0. The van der Waals surface area contributed by atoms with Crippen molar-refractivity contribution in [2.75, 3.05) is 5.43 Å². The molecule has 0 saturated carbocycles. The molecule has 1 N–H and O–H groups in total. The standard InChI is InChI=1S/C19H16N6/c1-3-7-15(8-4-1)11-22-24-18-17-12-23-25(19(17)21-14-20-18)13-16-9-5-2-6-10-16/h1-12,14H,13H2,(H,20,21,24). The average Bonchev–Trinajstić information content (AvgIpc) is 3.07. The Morgan fingerprint density at radius 3 is 2.52 bits per heavy atom. The molecule has 0 atom stereocenters. The summed E-state index contributed by atoms with van der Waals surface area (Å²) in [5.41, 5.74) is 5.94. The molecule has 0 radical (unpaired) electrons. The minimum absolute atomic E-state index is 0.636. The second-order valence-corrected chi connectivity index (χ2v) is 5.53. The lowest BCUT2D eigenvalue weighted by Gasteiger charge is -2.04. The Bertz CT molecular complexity index is 992. The van der Waals surface area contributed by atoms with E-state index in [1.54, 1.807) is 12.4 Å². The summed E-state index contributed by atoms with van der Waals surface area (Å²) < 4.78 is 1.86. The van der Waals surface area contributed by atoms with Crippen LogP contribution in [0.3, 0.4) is 0 Å². The maximum Gasteiger partial charge on any atom is 0.163 e. The third kappa shape index (κ3) is 3.37. The molecule has 6 nitrogen and oxygen atoms in total. The summed E-state index contributed by atoms with van der Waals surface area (Å²) in [6.45, 7) is 0.661. The van der Waals surface area contributed by atoms with Crippen molar-refractivity contribution >= 4 is 23.1 Å². The van der Waals surface area contributed by atoms with Crippen molar-refractivity contribution in [2.24, 2.45) is 5.10 Å². The second-order valence-electron chi connectivity index (χ2n) is 5.53. The van der Waals surface area contributed by atoms with E-state index >= 15 is 0 Å². The van der Waals surface area contributed by atoms with Gasteiger partial charge >= 0.3 is 0 Å². The van der Waals surface area contributed by atoms with Gasteiger partial charge in [0.25, 0.3) is 0 Å². The van der Waals surface area contributed by atoms with E-state index in [1.807, 2.05) is 53.2 Å². The summed E-state index contributed by atoms with van der Waals surface area (Å²) in [6, 6.07) is 20.0.